The fourth-order valence-electron chi connectivity index (χ4n) is 1.46. The van der Waals surface area contributed by atoms with E-state index in [2.05, 4.69) is 6.92 Å². The third kappa shape index (κ3) is 5.90. The molecule has 0 aromatic rings. The van der Waals surface area contributed by atoms with Crippen molar-refractivity contribution in [3.8, 4) is 0 Å². The van der Waals surface area contributed by atoms with Crippen LogP contribution in [0.3, 0.4) is 0 Å². The van der Waals surface area contributed by atoms with Crippen molar-refractivity contribution in [3.05, 3.63) is 0 Å². The summed E-state index contributed by atoms with van der Waals surface area (Å²) >= 11 is 0. The summed E-state index contributed by atoms with van der Waals surface area (Å²) in [5.74, 6) is -0.534. The molecule has 0 aromatic carbocycles. The zero-order valence-corrected chi connectivity index (χ0v) is 9.21. The van der Waals surface area contributed by atoms with E-state index < -0.39 is 0 Å². The van der Waals surface area contributed by atoms with Crippen LogP contribution in [0.15, 0.2) is 0 Å². The molecule has 0 aliphatic carbocycles. The molecule has 0 N–H and O–H groups in total. The van der Waals surface area contributed by atoms with Crippen LogP contribution in [0.25, 0.3) is 0 Å². The lowest BCUT2D eigenvalue weighted by atomic mass is 9.91. The van der Waals surface area contributed by atoms with Crippen molar-refractivity contribution in [2.45, 2.75) is 52.4 Å². The number of carbonyl (C=O) groups excluding carboxylic acids is 2. The summed E-state index contributed by atoms with van der Waals surface area (Å²) in [7, 11) is 0. The largest absolute Gasteiger partial charge is 0.291 e. The molecular weight excluding hydrogens is 176 g/mol. The Morgan fingerprint density at radius 1 is 1.00 bits per heavy atom. The third-order valence-electron chi connectivity index (χ3n) is 2.56. The van der Waals surface area contributed by atoms with Gasteiger partial charge in [-0.05, 0) is 6.42 Å². The number of hydrogen-bond acceptors (Lipinski definition) is 2. The lowest BCUT2D eigenvalue weighted by Gasteiger charge is -2.10. The highest BCUT2D eigenvalue weighted by molar-refractivity contribution is 5.65. The quantitative estimate of drug-likeness (QED) is 0.531. The maximum Gasteiger partial charge on any atom is 0.202 e. The van der Waals surface area contributed by atoms with Crippen molar-refractivity contribution in [3.63, 3.8) is 0 Å². The van der Waals surface area contributed by atoms with Crippen LogP contribution >= 0.6 is 0 Å². The van der Waals surface area contributed by atoms with E-state index in [1.807, 2.05) is 12.6 Å². The van der Waals surface area contributed by atoms with E-state index in [0.29, 0.717) is 0 Å². The molecule has 0 fully saturated rings. The fraction of sp³-hybridized carbons (Fsp3) is 0.833. The zero-order chi connectivity index (χ0) is 10.8. The van der Waals surface area contributed by atoms with Gasteiger partial charge in [0.25, 0.3) is 0 Å². The van der Waals surface area contributed by atoms with E-state index in [0.717, 1.165) is 19.3 Å². The average molecular weight is 196 g/mol. The second-order valence-electron chi connectivity index (χ2n) is 3.83. The molecule has 0 rings (SSSR count). The second kappa shape index (κ2) is 8.92. The van der Waals surface area contributed by atoms with Gasteiger partial charge in [-0.2, -0.15) is 0 Å². The Hall–Kier alpha value is -0.660. The Balaban J connectivity index is 3.52. The minimum Gasteiger partial charge on any atom is -0.291 e. The lowest BCUT2D eigenvalue weighted by molar-refractivity contribution is 0.429. The molecule has 0 amide bonds. The van der Waals surface area contributed by atoms with Gasteiger partial charge in [0.1, 0.15) is 0 Å². The van der Waals surface area contributed by atoms with Gasteiger partial charge in [0, 0.05) is 11.8 Å². The summed E-state index contributed by atoms with van der Waals surface area (Å²) in [6.07, 6.45) is 10.4. The van der Waals surface area contributed by atoms with E-state index in [1.165, 1.54) is 19.3 Å². The summed E-state index contributed by atoms with van der Waals surface area (Å²) < 4.78 is 0. The highest BCUT2D eigenvalue weighted by atomic mass is 16.1. The number of rotatable bonds is 9. The molecule has 0 heterocycles. The van der Waals surface area contributed by atoms with Crippen LogP contribution in [0.5, 0.6) is 0 Å². The minimum atomic E-state index is -0.293. The van der Waals surface area contributed by atoms with E-state index in [9.17, 15) is 9.59 Å². The predicted octanol–water partition coefficient (Wildman–Crippen LogP) is 2.82. The molecular formula is C12H20O2. The number of unbranched alkanes of at least 4 members (excludes halogenated alkanes) is 4. The van der Waals surface area contributed by atoms with Gasteiger partial charge in [0.15, 0.2) is 0 Å². The van der Waals surface area contributed by atoms with Gasteiger partial charge < -0.3 is 0 Å². The van der Waals surface area contributed by atoms with Crippen molar-refractivity contribution in [2.24, 2.45) is 11.8 Å². The highest BCUT2D eigenvalue weighted by Gasteiger charge is 2.16. The standard InChI is InChI=1S/C12H20O2/c1-3-4-5-6-7-8-12(10-14)11(2)9-13/h11-12H,3-8H2,1-2H3. The zero-order valence-electron chi connectivity index (χ0n) is 9.21. The van der Waals surface area contributed by atoms with E-state index in [4.69, 9.17) is 0 Å². The van der Waals surface area contributed by atoms with Gasteiger partial charge in [-0.3, -0.25) is 9.59 Å². The minimum absolute atomic E-state index is 0.242. The monoisotopic (exact) mass is 196 g/mol. The topological polar surface area (TPSA) is 34.1 Å². The van der Waals surface area contributed by atoms with Crippen molar-refractivity contribution < 1.29 is 9.59 Å². The Morgan fingerprint density at radius 2 is 1.64 bits per heavy atom. The van der Waals surface area contributed by atoms with E-state index in [1.54, 1.807) is 6.92 Å². The average Bonchev–Trinajstić information content (AvgIpc) is 2.22. The van der Waals surface area contributed by atoms with Crippen LogP contribution in [-0.2, 0) is 9.59 Å². The summed E-state index contributed by atoms with van der Waals surface area (Å²) in [5.41, 5.74) is 0. The van der Waals surface area contributed by atoms with Crippen LogP contribution in [0, 0.1) is 11.8 Å². The van der Waals surface area contributed by atoms with Gasteiger partial charge in [0.05, 0.1) is 0 Å². The van der Waals surface area contributed by atoms with Crippen molar-refractivity contribution >= 4 is 12.6 Å². The molecule has 2 heteroatoms. The first-order valence-electron chi connectivity index (χ1n) is 5.51. The summed E-state index contributed by atoms with van der Waals surface area (Å²) in [5, 5.41) is 0. The smallest absolute Gasteiger partial charge is 0.202 e. The van der Waals surface area contributed by atoms with E-state index in [-0.39, 0.29) is 11.8 Å². The normalized spacial score (nSPS) is 14.7. The SMILES string of the molecule is CCCCCCCC([C]=O)C(C)[C]=O. The first kappa shape index (κ1) is 13.3. The maximum absolute atomic E-state index is 10.5. The molecule has 0 aromatic heterocycles. The van der Waals surface area contributed by atoms with Crippen molar-refractivity contribution in [2.75, 3.05) is 0 Å². The Bertz CT molecular complexity index is 154. The summed E-state index contributed by atoms with van der Waals surface area (Å²) in [6, 6.07) is 0. The predicted molar refractivity (Wildman–Crippen MR) is 57.4 cm³/mol. The molecule has 2 unspecified atom stereocenters. The molecule has 0 spiro atoms. The molecule has 0 aliphatic heterocycles. The Kier molecular flexibility index (Phi) is 8.50. The van der Waals surface area contributed by atoms with E-state index >= 15 is 0 Å². The molecule has 0 saturated carbocycles. The van der Waals surface area contributed by atoms with Crippen LogP contribution < -0.4 is 0 Å². The van der Waals surface area contributed by atoms with Crippen molar-refractivity contribution in [1.82, 2.24) is 0 Å². The fourth-order valence-corrected chi connectivity index (χ4v) is 1.46. The summed E-state index contributed by atoms with van der Waals surface area (Å²) in [6.45, 7) is 3.90. The highest BCUT2D eigenvalue weighted by Crippen LogP contribution is 2.16. The first-order chi connectivity index (χ1) is 6.76. The first-order valence-corrected chi connectivity index (χ1v) is 5.51. The van der Waals surface area contributed by atoms with Gasteiger partial charge >= 0.3 is 0 Å². The van der Waals surface area contributed by atoms with Crippen LogP contribution in [0.4, 0.5) is 0 Å². The van der Waals surface area contributed by atoms with Crippen LogP contribution in [0.2, 0.25) is 0 Å². The van der Waals surface area contributed by atoms with Gasteiger partial charge in [-0.15, -0.1) is 0 Å². The molecule has 2 radical (unpaired) electrons. The molecule has 0 aliphatic rings. The maximum atomic E-state index is 10.5. The van der Waals surface area contributed by atoms with Crippen LogP contribution in [0.1, 0.15) is 52.4 Å². The summed E-state index contributed by atoms with van der Waals surface area (Å²) in [4.78, 5) is 20.9. The molecule has 2 atom stereocenters. The van der Waals surface area contributed by atoms with Crippen molar-refractivity contribution in [1.29, 1.82) is 0 Å². The Labute approximate surface area is 87.1 Å². The van der Waals surface area contributed by atoms with Gasteiger partial charge in [-0.25, -0.2) is 0 Å². The van der Waals surface area contributed by atoms with Gasteiger partial charge in [-0.1, -0.05) is 46.0 Å². The molecule has 0 saturated heterocycles. The molecule has 0 bridgehead atoms. The van der Waals surface area contributed by atoms with Crippen LogP contribution in [-0.4, -0.2) is 12.6 Å². The van der Waals surface area contributed by atoms with Gasteiger partial charge in [0.2, 0.25) is 12.6 Å². The number of hydrogen-bond donors (Lipinski definition) is 0. The lowest BCUT2D eigenvalue weighted by Crippen LogP contribution is -2.14. The molecule has 14 heavy (non-hydrogen) atoms. The Morgan fingerprint density at radius 3 is 2.14 bits per heavy atom. The second-order valence-corrected chi connectivity index (χ2v) is 3.83. The molecule has 2 nitrogen and oxygen atoms in total. The molecule has 80 valence electrons. The third-order valence-corrected chi connectivity index (χ3v) is 2.56.